The van der Waals surface area contributed by atoms with Gasteiger partial charge >= 0.3 is 18.1 Å². The number of alkyl halides is 3. The van der Waals surface area contributed by atoms with E-state index in [1.807, 2.05) is 0 Å². The number of benzene rings is 1. The first-order chi connectivity index (χ1) is 8.62. The lowest BCUT2D eigenvalue weighted by atomic mass is 10.1. The van der Waals surface area contributed by atoms with Gasteiger partial charge in [-0.2, -0.15) is 13.2 Å². The molecule has 2 N–H and O–H groups in total. The number of nitrogens with one attached hydrogen (secondary N) is 1. The molecule has 0 fully saturated rings. The highest BCUT2D eigenvalue weighted by molar-refractivity contribution is 6.30. The van der Waals surface area contributed by atoms with Crippen LogP contribution in [0.4, 0.5) is 17.6 Å². The van der Waals surface area contributed by atoms with E-state index < -0.39 is 29.9 Å². The predicted octanol–water partition coefficient (Wildman–Crippen LogP) is 2.28. The van der Waals surface area contributed by atoms with Crippen LogP contribution in [-0.4, -0.2) is 23.2 Å². The van der Waals surface area contributed by atoms with Crippen molar-refractivity contribution in [1.82, 2.24) is 5.32 Å². The molecule has 0 aliphatic carbocycles. The Morgan fingerprint density at radius 2 is 1.89 bits per heavy atom. The highest BCUT2D eigenvalue weighted by atomic mass is 35.5. The van der Waals surface area contributed by atoms with Gasteiger partial charge in [0.2, 0.25) is 0 Å². The van der Waals surface area contributed by atoms with Gasteiger partial charge < -0.3 is 10.4 Å². The van der Waals surface area contributed by atoms with Crippen LogP contribution in [0, 0.1) is 5.82 Å². The number of carbonyl (C=O) groups excluding carboxylic acids is 1. The molecule has 1 atom stereocenters. The second kappa shape index (κ2) is 5.43. The number of halogens is 5. The molecule has 1 unspecified atom stereocenters. The summed E-state index contributed by atoms with van der Waals surface area (Å²) in [6, 6.07) is 0.585. The van der Waals surface area contributed by atoms with Crippen LogP contribution in [0.15, 0.2) is 18.2 Å². The van der Waals surface area contributed by atoms with Crippen molar-refractivity contribution >= 4 is 23.5 Å². The van der Waals surface area contributed by atoms with Crippen LogP contribution in [0.3, 0.4) is 0 Å². The molecule has 0 aliphatic heterocycles. The molecular formula is C10H6ClF4NO3. The summed E-state index contributed by atoms with van der Waals surface area (Å²) in [7, 11) is 0. The molecule has 1 aromatic carbocycles. The Morgan fingerprint density at radius 3 is 2.32 bits per heavy atom. The third kappa shape index (κ3) is 3.82. The van der Waals surface area contributed by atoms with Crippen LogP contribution in [0.2, 0.25) is 5.02 Å². The van der Waals surface area contributed by atoms with Crippen LogP contribution in [0.1, 0.15) is 11.6 Å². The first-order valence-corrected chi connectivity index (χ1v) is 5.06. The molecule has 0 radical (unpaired) electrons. The fourth-order valence-corrected chi connectivity index (χ4v) is 1.31. The fourth-order valence-electron chi connectivity index (χ4n) is 1.19. The van der Waals surface area contributed by atoms with E-state index in [0.717, 1.165) is 12.1 Å². The number of aliphatic carboxylic acids is 1. The molecule has 0 saturated carbocycles. The van der Waals surface area contributed by atoms with Crippen molar-refractivity contribution < 1.29 is 32.3 Å². The van der Waals surface area contributed by atoms with E-state index in [0.29, 0.717) is 6.07 Å². The topological polar surface area (TPSA) is 66.4 Å². The van der Waals surface area contributed by atoms with Gasteiger partial charge in [-0.15, -0.1) is 0 Å². The molecule has 4 nitrogen and oxygen atoms in total. The minimum absolute atomic E-state index is 0.324. The summed E-state index contributed by atoms with van der Waals surface area (Å²) in [4.78, 5) is 21.5. The lowest BCUT2D eigenvalue weighted by Crippen LogP contribution is -2.41. The average Bonchev–Trinajstić information content (AvgIpc) is 2.27. The lowest BCUT2D eigenvalue weighted by Gasteiger charge is -2.16. The van der Waals surface area contributed by atoms with Gasteiger partial charge in [0.25, 0.3) is 0 Å². The number of rotatable bonds is 3. The SMILES string of the molecule is O=C(O)C(NC(=O)C(F)(F)F)c1ccc(Cl)c(F)c1. The molecule has 19 heavy (non-hydrogen) atoms. The molecule has 0 aliphatic rings. The van der Waals surface area contributed by atoms with Crippen LogP contribution in [-0.2, 0) is 9.59 Å². The number of carbonyl (C=O) groups is 2. The maximum absolute atomic E-state index is 13.1. The molecule has 104 valence electrons. The Labute approximate surface area is 109 Å². The Bertz CT molecular complexity index is 518. The Balaban J connectivity index is 3.05. The van der Waals surface area contributed by atoms with Gasteiger partial charge in [0.05, 0.1) is 5.02 Å². The summed E-state index contributed by atoms with van der Waals surface area (Å²) in [5.41, 5.74) is -0.369. The van der Waals surface area contributed by atoms with Crippen LogP contribution in [0.25, 0.3) is 0 Å². The van der Waals surface area contributed by atoms with Crippen molar-refractivity contribution in [3.05, 3.63) is 34.6 Å². The molecular weight excluding hydrogens is 294 g/mol. The number of amides is 1. The van der Waals surface area contributed by atoms with Crippen molar-refractivity contribution in [2.75, 3.05) is 0 Å². The molecule has 0 heterocycles. The smallest absolute Gasteiger partial charge is 0.471 e. The number of hydrogen-bond donors (Lipinski definition) is 2. The average molecular weight is 300 g/mol. The monoisotopic (exact) mass is 299 g/mol. The molecule has 0 saturated heterocycles. The number of carboxylic acids is 1. The molecule has 0 spiro atoms. The van der Waals surface area contributed by atoms with E-state index in [1.165, 1.54) is 5.32 Å². The first-order valence-electron chi connectivity index (χ1n) is 4.68. The summed E-state index contributed by atoms with van der Waals surface area (Å²) in [6.07, 6.45) is -5.24. The summed E-state index contributed by atoms with van der Waals surface area (Å²) in [6.45, 7) is 0. The highest BCUT2D eigenvalue weighted by Crippen LogP contribution is 2.22. The summed E-state index contributed by atoms with van der Waals surface area (Å²) >= 11 is 5.35. The molecule has 1 aromatic rings. The van der Waals surface area contributed by atoms with E-state index in [1.54, 1.807) is 0 Å². The van der Waals surface area contributed by atoms with Crippen LogP contribution >= 0.6 is 11.6 Å². The zero-order chi connectivity index (χ0) is 14.8. The largest absolute Gasteiger partial charge is 0.479 e. The summed E-state index contributed by atoms with van der Waals surface area (Å²) < 4.78 is 49.2. The summed E-state index contributed by atoms with van der Waals surface area (Å²) in [5.74, 6) is -5.21. The first kappa shape index (κ1) is 15.2. The Kier molecular flexibility index (Phi) is 4.35. The zero-order valence-electron chi connectivity index (χ0n) is 8.96. The van der Waals surface area contributed by atoms with Crippen LogP contribution in [0.5, 0.6) is 0 Å². The van der Waals surface area contributed by atoms with Gasteiger partial charge in [0.15, 0.2) is 6.04 Å². The van der Waals surface area contributed by atoms with Crippen molar-refractivity contribution in [1.29, 1.82) is 0 Å². The molecule has 1 amide bonds. The van der Waals surface area contributed by atoms with Gasteiger partial charge in [-0.3, -0.25) is 4.79 Å². The molecule has 9 heteroatoms. The predicted molar refractivity (Wildman–Crippen MR) is 56.0 cm³/mol. The zero-order valence-corrected chi connectivity index (χ0v) is 9.72. The minimum atomic E-state index is -5.24. The van der Waals surface area contributed by atoms with E-state index in [-0.39, 0.29) is 10.6 Å². The van der Waals surface area contributed by atoms with Crippen molar-refractivity contribution in [2.45, 2.75) is 12.2 Å². The van der Waals surface area contributed by atoms with E-state index in [4.69, 9.17) is 16.7 Å². The van der Waals surface area contributed by atoms with Crippen molar-refractivity contribution in [2.24, 2.45) is 0 Å². The second-order valence-corrected chi connectivity index (χ2v) is 3.82. The number of hydrogen-bond acceptors (Lipinski definition) is 2. The third-order valence-electron chi connectivity index (χ3n) is 2.06. The maximum atomic E-state index is 13.1. The highest BCUT2D eigenvalue weighted by Gasteiger charge is 2.41. The minimum Gasteiger partial charge on any atom is -0.479 e. The Hall–Kier alpha value is -1.83. The van der Waals surface area contributed by atoms with Gasteiger partial charge in [0, 0.05) is 0 Å². The lowest BCUT2D eigenvalue weighted by molar-refractivity contribution is -0.175. The molecule has 0 aromatic heterocycles. The van der Waals surface area contributed by atoms with Gasteiger partial charge in [0.1, 0.15) is 5.82 Å². The van der Waals surface area contributed by atoms with Gasteiger partial charge in [-0.1, -0.05) is 17.7 Å². The van der Waals surface area contributed by atoms with Gasteiger partial charge in [-0.05, 0) is 17.7 Å². The van der Waals surface area contributed by atoms with Crippen molar-refractivity contribution in [3.8, 4) is 0 Å². The Morgan fingerprint density at radius 1 is 1.32 bits per heavy atom. The van der Waals surface area contributed by atoms with Gasteiger partial charge in [-0.25, -0.2) is 9.18 Å². The standard InChI is InChI=1S/C10H6ClF4NO3/c11-5-2-1-4(3-6(5)12)7(8(17)18)16-9(19)10(13,14)15/h1-3,7H,(H,16,19)(H,17,18). The van der Waals surface area contributed by atoms with E-state index in [2.05, 4.69) is 0 Å². The van der Waals surface area contributed by atoms with E-state index >= 15 is 0 Å². The maximum Gasteiger partial charge on any atom is 0.471 e. The molecule has 1 rings (SSSR count). The normalized spacial score (nSPS) is 12.9. The van der Waals surface area contributed by atoms with Crippen LogP contribution < -0.4 is 5.32 Å². The number of carboxylic acid groups (broad SMARTS) is 1. The quantitative estimate of drug-likeness (QED) is 0.842. The van der Waals surface area contributed by atoms with Crippen molar-refractivity contribution in [3.63, 3.8) is 0 Å². The third-order valence-corrected chi connectivity index (χ3v) is 2.36. The van der Waals surface area contributed by atoms with E-state index in [9.17, 15) is 27.2 Å². The second-order valence-electron chi connectivity index (χ2n) is 3.42. The fraction of sp³-hybridized carbons (Fsp3) is 0.200. The molecule has 0 bridgehead atoms. The summed E-state index contributed by atoms with van der Waals surface area (Å²) in [5, 5.41) is 9.69.